The van der Waals surface area contributed by atoms with E-state index < -0.39 is 29.1 Å². The molecule has 0 fully saturated rings. The van der Waals surface area contributed by atoms with Gasteiger partial charge in [-0.25, -0.2) is 0 Å². The van der Waals surface area contributed by atoms with Crippen LogP contribution in [-0.2, 0) is 25.5 Å². The molecule has 0 spiro atoms. The number of methoxy groups -OCH3 is 1. The van der Waals surface area contributed by atoms with E-state index in [1.165, 1.54) is 7.11 Å². The van der Waals surface area contributed by atoms with Crippen LogP contribution in [0.3, 0.4) is 0 Å². The molecule has 0 radical (unpaired) electrons. The molecule has 0 aromatic heterocycles. The fraction of sp³-hybridized carbons (Fsp3) is 0.500. The molecule has 4 N–H and O–H groups in total. The number of nitrogens with two attached hydrogens (primary N) is 2. The van der Waals surface area contributed by atoms with Crippen LogP contribution in [0.2, 0.25) is 0 Å². The lowest BCUT2D eigenvalue weighted by Crippen LogP contribution is -2.59. The summed E-state index contributed by atoms with van der Waals surface area (Å²) < 4.78 is 10.5. The molecule has 0 aliphatic carbocycles. The molecule has 0 heterocycles. The van der Waals surface area contributed by atoms with E-state index in [0.717, 1.165) is 5.56 Å². The Morgan fingerprint density at radius 3 is 2.14 bits per heavy atom. The van der Waals surface area contributed by atoms with Crippen LogP contribution in [0.15, 0.2) is 30.3 Å². The molecule has 0 aliphatic rings. The van der Waals surface area contributed by atoms with Crippen LogP contribution in [0.25, 0.3) is 0 Å². The molecular formula is C16H24N2O4. The van der Waals surface area contributed by atoms with E-state index in [1.807, 2.05) is 30.3 Å². The summed E-state index contributed by atoms with van der Waals surface area (Å²) in [6, 6.07) is 9.17. The fourth-order valence-electron chi connectivity index (χ4n) is 2.12. The molecule has 1 aromatic rings. The Balaban J connectivity index is 3.09. The summed E-state index contributed by atoms with van der Waals surface area (Å²) in [5.74, 6) is -3.08. The number of primary amides is 1. The first-order chi connectivity index (χ1) is 10.1. The molecule has 2 unspecified atom stereocenters. The van der Waals surface area contributed by atoms with Crippen molar-refractivity contribution in [3.8, 4) is 0 Å². The fourth-order valence-corrected chi connectivity index (χ4v) is 2.12. The summed E-state index contributed by atoms with van der Waals surface area (Å²) in [5, 5.41) is 0. The third-order valence-electron chi connectivity index (χ3n) is 3.12. The van der Waals surface area contributed by atoms with Crippen molar-refractivity contribution in [2.24, 2.45) is 17.4 Å². The highest BCUT2D eigenvalue weighted by molar-refractivity contribution is 5.98. The van der Waals surface area contributed by atoms with Crippen molar-refractivity contribution >= 4 is 11.9 Å². The van der Waals surface area contributed by atoms with Gasteiger partial charge in [-0.05, 0) is 26.3 Å². The standard InChI is InChI=1S/C16H24N2O4/c1-15(2,3)22-14(20)12(13(17)19)16(18,21-4)10-11-8-6-5-7-9-11/h5-9,12H,10,18H2,1-4H3,(H2,17,19). The van der Waals surface area contributed by atoms with Crippen molar-refractivity contribution < 1.29 is 19.1 Å². The minimum Gasteiger partial charge on any atom is -0.459 e. The molecule has 0 bridgehead atoms. The second-order valence-electron chi connectivity index (χ2n) is 6.19. The number of amides is 1. The zero-order chi connectivity index (χ0) is 17.0. The quantitative estimate of drug-likeness (QED) is 0.463. The maximum Gasteiger partial charge on any atom is 0.323 e. The largest absolute Gasteiger partial charge is 0.459 e. The average Bonchev–Trinajstić information content (AvgIpc) is 2.37. The van der Waals surface area contributed by atoms with Crippen LogP contribution >= 0.6 is 0 Å². The lowest BCUT2D eigenvalue weighted by molar-refractivity contribution is -0.174. The number of ether oxygens (including phenoxy) is 2. The van der Waals surface area contributed by atoms with E-state index >= 15 is 0 Å². The molecular weight excluding hydrogens is 284 g/mol. The van der Waals surface area contributed by atoms with Gasteiger partial charge >= 0.3 is 5.97 Å². The molecule has 1 aromatic carbocycles. The first-order valence-electron chi connectivity index (χ1n) is 6.99. The molecule has 0 saturated carbocycles. The zero-order valence-corrected chi connectivity index (χ0v) is 13.5. The lowest BCUT2D eigenvalue weighted by Gasteiger charge is -2.34. The minimum absolute atomic E-state index is 0.150. The number of benzene rings is 1. The highest BCUT2D eigenvalue weighted by atomic mass is 16.6. The topological polar surface area (TPSA) is 105 Å². The highest BCUT2D eigenvalue weighted by Crippen LogP contribution is 2.24. The number of rotatable bonds is 6. The van der Waals surface area contributed by atoms with Crippen LogP contribution in [0, 0.1) is 5.92 Å². The SMILES string of the molecule is COC(N)(Cc1ccccc1)C(C(N)=O)C(=O)OC(C)(C)C. The zero-order valence-electron chi connectivity index (χ0n) is 13.5. The predicted octanol–water partition coefficient (Wildman–Crippen LogP) is 0.974. The second-order valence-corrected chi connectivity index (χ2v) is 6.19. The van der Waals surface area contributed by atoms with E-state index in [9.17, 15) is 9.59 Å². The maximum atomic E-state index is 12.3. The number of carbonyl (C=O) groups excluding carboxylic acids is 2. The van der Waals surface area contributed by atoms with Crippen molar-refractivity contribution in [1.82, 2.24) is 0 Å². The van der Waals surface area contributed by atoms with E-state index in [2.05, 4.69) is 0 Å². The first-order valence-corrected chi connectivity index (χ1v) is 6.99. The summed E-state index contributed by atoms with van der Waals surface area (Å²) in [6.45, 7) is 5.10. The van der Waals surface area contributed by atoms with Crippen molar-refractivity contribution in [2.75, 3.05) is 7.11 Å². The van der Waals surface area contributed by atoms with Crippen LogP contribution in [-0.4, -0.2) is 30.3 Å². The minimum atomic E-state index is -1.57. The number of esters is 1. The monoisotopic (exact) mass is 308 g/mol. The number of carbonyl (C=O) groups is 2. The van der Waals surface area contributed by atoms with Gasteiger partial charge in [0.2, 0.25) is 5.91 Å². The second kappa shape index (κ2) is 6.89. The normalized spacial score (nSPS) is 15.7. The van der Waals surface area contributed by atoms with Crippen LogP contribution in [0.4, 0.5) is 0 Å². The Morgan fingerprint density at radius 1 is 1.18 bits per heavy atom. The molecule has 1 rings (SSSR count). The number of hydrogen-bond donors (Lipinski definition) is 2. The van der Waals surface area contributed by atoms with Crippen molar-refractivity contribution in [1.29, 1.82) is 0 Å². The Kier molecular flexibility index (Phi) is 5.68. The van der Waals surface area contributed by atoms with Gasteiger partial charge in [-0.1, -0.05) is 30.3 Å². The van der Waals surface area contributed by atoms with E-state index in [0.29, 0.717) is 0 Å². The highest BCUT2D eigenvalue weighted by Gasteiger charge is 2.46. The number of hydrogen-bond acceptors (Lipinski definition) is 5. The Morgan fingerprint density at radius 2 is 1.73 bits per heavy atom. The molecule has 122 valence electrons. The van der Waals surface area contributed by atoms with Crippen LogP contribution in [0.1, 0.15) is 26.3 Å². The molecule has 22 heavy (non-hydrogen) atoms. The van der Waals surface area contributed by atoms with E-state index in [-0.39, 0.29) is 6.42 Å². The van der Waals surface area contributed by atoms with Gasteiger partial charge in [-0.2, -0.15) is 0 Å². The van der Waals surface area contributed by atoms with Crippen molar-refractivity contribution in [2.45, 2.75) is 38.5 Å². The molecule has 6 nitrogen and oxygen atoms in total. The average molecular weight is 308 g/mol. The van der Waals surface area contributed by atoms with Crippen LogP contribution < -0.4 is 11.5 Å². The predicted molar refractivity (Wildman–Crippen MR) is 82.6 cm³/mol. The molecule has 6 heteroatoms. The molecule has 2 atom stereocenters. The summed E-state index contributed by atoms with van der Waals surface area (Å²) in [4.78, 5) is 24.1. The molecule has 0 aliphatic heterocycles. The third kappa shape index (κ3) is 4.82. The first kappa shape index (κ1) is 18.1. The summed E-state index contributed by atoms with van der Waals surface area (Å²) in [7, 11) is 1.34. The summed E-state index contributed by atoms with van der Waals surface area (Å²) >= 11 is 0. The van der Waals surface area contributed by atoms with Gasteiger partial charge in [0.15, 0.2) is 5.92 Å². The van der Waals surface area contributed by atoms with Crippen molar-refractivity contribution in [3.63, 3.8) is 0 Å². The maximum absolute atomic E-state index is 12.3. The summed E-state index contributed by atoms with van der Waals surface area (Å²) in [6.07, 6.45) is 0.150. The van der Waals surface area contributed by atoms with E-state index in [4.69, 9.17) is 20.9 Å². The van der Waals surface area contributed by atoms with Gasteiger partial charge in [-0.3, -0.25) is 9.59 Å². The van der Waals surface area contributed by atoms with Gasteiger partial charge in [0.25, 0.3) is 0 Å². The third-order valence-corrected chi connectivity index (χ3v) is 3.12. The van der Waals surface area contributed by atoms with E-state index in [1.54, 1.807) is 20.8 Å². The van der Waals surface area contributed by atoms with Gasteiger partial charge in [0, 0.05) is 13.5 Å². The van der Waals surface area contributed by atoms with Crippen LogP contribution in [0.5, 0.6) is 0 Å². The van der Waals surface area contributed by atoms with Gasteiger partial charge < -0.3 is 20.9 Å². The molecule has 1 amide bonds. The van der Waals surface area contributed by atoms with Gasteiger partial charge in [0.1, 0.15) is 11.3 Å². The van der Waals surface area contributed by atoms with Gasteiger partial charge in [0.05, 0.1) is 0 Å². The Bertz CT molecular complexity index is 525. The Labute approximate surface area is 130 Å². The summed E-state index contributed by atoms with van der Waals surface area (Å²) in [5.41, 5.74) is 10.0. The molecule has 0 saturated heterocycles. The lowest BCUT2D eigenvalue weighted by atomic mass is 9.89. The van der Waals surface area contributed by atoms with Gasteiger partial charge in [-0.15, -0.1) is 0 Å². The smallest absolute Gasteiger partial charge is 0.323 e. The van der Waals surface area contributed by atoms with Crippen molar-refractivity contribution in [3.05, 3.63) is 35.9 Å². The Hall–Kier alpha value is -1.92.